The van der Waals surface area contributed by atoms with Crippen LogP contribution in [0.15, 0.2) is 6.20 Å². The van der Waals surface area contributed by atoms with E-state index in [-0.39, 0.29) is 18.4 Å². The van der Waals surface area contributed by atoms with Crippen LogP contribution in [0.25, 0.3) is 0 Å². The molecule has 17 heavy (non-hydrogen) atoms. The van der Waals surface area contributed by atoms with E-state index in [0.29, 0.717) is 22.7 Å². The summed E-state index contributed by atoms with van der Waals surface area (Å²) in [6.07, 6.45) is 3.37. The molecule has 4 nitrogen and oxygen atoms in total. The number of hydrogen-bond acceptors (Lipinski definition) is 4. The lowest BCUT2D eigenvalue weighted by Crippen LogP contribution is -2.15. The Hall–Kier alpha value is -1.13. The van der Waals surface area contributed by atoms with Crippen LogP contribution in [0.2, 0.25) is 0 Å². The smallest absolute Gasteiger partial charge is 0.141 e. The first kappa shape index (κ1) is 13.9. The molecule has 0 unspecified atom stereocenters. The molecule has 4 heteroatoms. The standard InChI is InChI=1S/C13H22N2O2/c1-8(2)4-5-11(14)12-10(7-16)6-15-9(3)13(12)17/h6,8,11,16-17H,4-5,7,14H2,1-3H3/t11-/m1/s1. The Morgan fingerprint density at radius 3 is 2.53 bits per heavy atom. The van der Waals surface area contributed by atoms with Gasteiger partial charge in [-0.15, -0.1) is 0 Å². The van der Waals surface area contributed by atoms with Gasteiger partial charge in [0, 0.05) is 23.4 Å². The number of rotatable bonds is 5. The predicted molar refractivity (Wildman–Crippen MR) is 67.6 cm³/mol. The van der Waals surface area contributed by atoms with E-state index < -0.39 is 0 Å². The molecule has 96 valence electrons. The molecule has 0 radical (unpaired) electrons. The first-order valence-electron chi connectivity index (χ1n) is 6.01. The third-order valence-electron chi connectivity index (χ3n) is 2.95. The molecule has 0 spiro atoms. The van der Waals surface area contributed by atoms with Crippen molar-refractivity contribution in [1.29, 1.82) is 0 Å². The molecule has 0 bridgehead atoms. The van der Waals surface area contributed by atoms with Crippen molar-refractivity contribution in [2.24, 2.45) is 11.7 Å². The van der Waals surface area contributed by atoms with Crippen molar-refractivity contribution in [3.8, 4) is 5.75 Å². The molecule has 1 rings (SSSR count). The van der Waals surface area contributed by atoms with Gasteiger partial charge in [0.05, 0.1) is 12.3 Å². The Labute approximate surface area is 102 Å². The summed E-state index contributed by atoms with van der Waals surface area (Å²) in [5.41, 5.74) is 7.90. The molecule has 0 saturated heterocycles. The summed E-state index contributed by atoms with van der Waals surface area (Å²) in [5, 5.41) is 19.2. The normalized spacial score (nSPS) is 13.1. The lowest BCUT2D eigenvalue weighted by Gasteiger charge is -2.18. The second-order valence-corrected chi connectivity index (χ2v) is 4.87. The third-order valence-corrected chi connectivity index (χ3v) is 2.95. The largest absolute Gasteiger partial charge is 0.506 e. The predicted octanol–water partition coefficient (Wildman–Crippen LogP) is 2.02. The summed E-state index contributed by atoms with van der Waals surface area (Å²) < 4.78 is 0. The van der Waals surface area contributed by atoms with Gasteiger partial charge in [0.1, 0.15) is 5.75 Å². The molecule has 1 heterocycles. The van der Waals surface area contributed by atoms with Crippen molar-refractivity contribution in [2.75, 3.05) is 0 Å². The maximum Gasteiger partial charge on any atom is 0.141 e. The molecule has 1 atom stereocenters. The van der Waals surface area contributed by atoms with E-state index in [0.717, 1.165) is 12.8 Å². The maximum absolute atomic E-state index is 9.99. The zero-order valence-electron chi connectivity index (χ0n) is 10.8. The lowest BCUT2D eigenvalue weighted by atomic mass is 9.94. The van der Waals surface area contributed by atoms with Crippen molar-refractivity contribution in [2.45, 2.75) is 46.3 Å². The van der Waals surface area contributed by atoms with Crippen LogP contribution >= 0.6 is 0 Å². The first-order chi connectivity index (χ1) is 7.97. The van der Waals surface area contributed by atoms with Crippen LogP contribution in [0.3, 0.4) is 0 Å². The average molecular weight is 238 g/mol. The Morgan fingerprint density at radius 2 is 2.00 bits per heavy atom. The Bertz CT molecular complexity index is 378. The number of aromatic hydroxyl groups is 1. The molecular formula is C13H22N2O2. The number of aryl methyl sites for hydroxylation is 1. The fourth-order valence-corrected chi connectivity index (χ4v) is 1.85. The first-order valence-corrected chi connectivity index (χ1v) is 6.01. The van der Waals surface area contributed by atoms with E-state index in [9.17, 15) is 10.2 Å². The number of aromatic nitrogens is 1. The van der Waals surface area contributed by atoms with Gasteiger partial charge in [-0.05, 0) is 25.7 Å². The summed E-state index contributed by atoms with van der Waals surface area (Å²) in [4.78, 5) is 4.02. The van der Waals surface area contributed by atoms with E-state index in [1.807, 2.05) is 0 Å². The lowest BCUT2D eigenvalue weighted by molar-refractivity contribution is 0.277. The number of aliphatic hydroxyl groups excluding tert-OH is 1. The monoisotopic (exact) mass is 238 g/mol. The van der Waals surface area contributed by atoms with Gasteiger partial charge in [0.2, 0.25) is 0 Å². The highest BCUT2D eigenvalue weighted by Gasteiger charge is 2.18. The minimum Gasteiger partial charge on any atom is -0.506 e. The van der Waals surface area contributed by atoms with Gasteiger partial charge in [0.15, 0.2) is 0 Å². The molecule has 0 amide bonds. The maximum atomic E-state index is 9.99. The summed E-state index contributed by atoms with van der Waals surface area (Å²) in [6.45, 7) is 5.86. The topological polar surface area (TPSA) is 79.4 Å². The van der Waals surface area contributed by atoms with Gasteiger partial charge >= 0.3 is 0 Å². The summed E-state index contributed by atoms with van der Waals surface area (Å²) in [5.74, 6) is 0.691. The van der Waals surface area contributed by atoms with Crippen LogP contribution in [0, 0.1) is 12.8 Å². The SMILES string of the molecule is Cc1ncc(CO)c([C@H](N)CCC(C)C)c1O. The van der Waals surface area contributed by atoms with Crippen molar-refractivity contribution < 1.29 is 10.2 Å². The van der Waals surface area contributed by atoms with Crippen LogP contribution < -0.4 is 5.73 Å². The van der Waals surface area contributed by atoms with E-state index in [4.69, 9.17) is 5.73 Å². The Morgan fingerprint density at radius 1 is 1.35 bits per heavy atom. The van der Waals surface area contributed by atoms with Gasteiger partial charge in [0.25, 0.3) is 0 Å². The van der Waals surface area contributed by atoms with Crippen molar-refractivity contribution in [1.82, 2.24) is 4.98 Å². The fourth-order valence-electron chi connectivity index (χ4n) is 1.85. The van der Waals surface area contributed by atoms with Gasteiger partial charge in [-0.2, -0.15) is 0 Å². The Kier molecular flexibility index (Phi) is 4.90. The number of nitrogens with two attached hydrogens (primary N) is 1. The number of pyridine rings is 1. The molecule has 0 aliphatic heterocycles. The minimum atomic E-state index is -0.249. The number of nitrogens with zero attached hydrogens (tertiary/aromatic N) is 1. The molecule has 0 aliphatic carbocycles. The molecule has 1 aromatic rings. The van der Waals surface area contributed by atoms with Crippen molar-refractivity contribution in [3.05, 3.63) is 23.0 Å². The molecule has 0 aliphatic rings. The van der Waals surface area contributed by atoms with E-state index in [2.05, 4.69) is 18.8 Å². The third kappa shape index (κ3) is 3.41. The quantitative estimate of drug-likeness (QED) is 0.733. The van der Waals surface area contributed by atoms with Crippen LogP contribution in [0.5, 0.6) is 5.75 Å². The second kappa shape index (κ2) is 5.98. The van der Waals surface area contributed by atoms with Crippen LogP contribution in [-0.4, -0.2) is 15.2 Å². The number of hydrogen-bond donors (Lipinski definition) is 3. The molecule has 4 N–H and O–H groups in total. The highest BCUT2D eigenvalue weighted by Crippen LogP contribution is 2.31. The molecule has 1 aromatic heterocycles. The molecular weight excluding hydrogens is 216 g/mol. The van der Waals surface area contributed by atoms with Crippen LogP contribution in [-0.2, 0) is 6.61 Å². The van der Waals surface area contributed by atoms with Gasteiger partial charge < -0.3 is 15.9 Å². The highest BCUT2D eigenvalue weighted by molar-refractivity contribution is 5.42. The summed E-state index contributed by atoms with van der Waals surface area (Å²) >= 11 is 0. The van der Waals surface area contributed by atoms with Crippen LogP contribution in [0.1, 0.15) is 49.6 Å². The zero-order chi connectivity index (χ0) is 13.0. The van der Waals surface area contributed by atoms with Crippen LogP contribution in [0.4, 0.5) is 0 Å². The molecule has 0 fully saturated rings. The highest BCUT2D eigenvalue weighted by atomic mass is 16.3. The number of aliphatic hydroxyl groups is 1. The van der Waals surface area contributed by atoms with E-state index in [1.165, 1.54) is 0 Å². The van der Waals surface area contributed by atoms with Gasteiger partial charge in [-0.25, -0.2) is 0 Å². The summed E-state index contributed by atoms with van der Waals surface area (Å²) in [6, 6.07) is -0.249. The van der Waals surface area contributed by atoms with E-state index >= 15 is 0 Å². The van der Waals surface area contributed by atoms with Crippen molar-refractivity contribution in [3.63, 3.8) is 0 Å². The van der Waals surface area contributed by atoms with Gasteiger partial charge in [-0.3, -0.25) is 4.98 Å². The van der Waals surface area contributed by atoms with E-state index in [1.54, 1.807) is 13.1 Å². The van der Waals surface area contributed by atoms with Crippen molar-refractivity contribution >= 4 is 0 Å². The second-order valence-electron chi connectivity index (χ2n) is 4.87. The Balaban J connectivity index is 2.97. The minimum absolute atomic E-state index is 0.118. The average Bonchev–Trinajstić information content (AvgIpc) is 2.29. The molecule has 0 saturated carbocycles. The fraction of sp³-hybridized carbons (Fsp3) is 0.615. The van der Waals surface area contributed by atoms with Gasteiger partial charge in [-0.1, -0.05) is 13.8 Å². The summed E-state index contributed by atoms with van der Waals surface area (Å²) in [7, 11) is 0. The zero-order valence-corrected chi connectivity index (χ0v) is 10.8. The molecule has 0 aromatic carbocycles.